The van der Waals surface area contributed by atoms with Crippen molar-refractivity contribution in [3.63, 3.8) is 0 Å². The number of ether oxygens (including phenoxy) is 2. The second-order valence-corrected chi connectivity index (χ2v) is 5.32. The van der Waals surface area contributed by atoms with Crippen LogP contribution in [-0.2, 0) is 9.47 Å². The van der Waals surface area contributed by atoms with Gasteiger partial charge in [0.25, 0.3) is 0 Å². The zero-order chi connectivity index (χ0) is 14.5. The molecule has 112 valence electrons. The first-order chi connectivity index (χ1) is 9.61. The third-order valence-electron chi connectivity index (χ3n) is 3.93. The average Bonchev–Trinajstić information content (AvgIpc) is 2.97. The Morgan fingerprint density at radius 1 is 1.35 bits per heavy atom. The molecule has 1 N–H and O–H groups in total. The summed E-state index contributed by atoms with van der Waals surface area (Å²) in [7, 11) is 1.35. The predicted molar refractivity (Wildman–Crippen MR) is 74.6 cm³/mol. The Labute approximate surface area is 119 Å². The molecule has 2 heterocycles. The van der Waals surface area contributed by atoms with E-state index in [2.05, 4.69) is 17.0 Å². The van der Waals surface area contributed by atoms with Crippen LogP contribution in [0, 0.1) is 5.92 Å². The van der Waals surface area contributed by atoms with Crippen LogP contribution in [0.4, 0.5) is 0 Å². The minimum Gasteiger partial charge on any atom is -0.463 e. The molecule has 1 aromatic heterocycles. The van der Waals surface area contributed by atoms with Gasteiger partial charge in [0, 0.05) is 19.3 Å². The fourth-order valence-corrected chi connectivity index (χ4v) is 2.62. The summed E-state index contributed by atoms with van der Waals surface area (Å²) < 4.78 is 15.5. The van der Waals surface area contributed by atoms with E-state index in [9.17, 15) is 4.79 Å². The first-order valence-electron chi connectivity index (χ1n) is 7.13. The number of hydrogen-bond acceptors (Lipinski definition) is 5. The van der Waals surface area contributed by atoms with Crippen LogP contribution in [-0.4, -0.2) is 32.3 Å². The molecular weight excluding hydrogens is 258 g/mol. The standard InChI is InChI=1S/C15H23NO4/c1-10(12-6-8-19-9-7-12)16-11(2)13-4-5-14(20-13)15(17)18-3/h4-5,10-12,16H,6-9H2,1-3H3/t10-,11-/m0/s1. The zero-order valence-corrected chi connectivity index (χ0v) is 12.3. The van der Waals surface area contributed by atoms with Crippen LogP contribution in [0.2, 0.25) is 0 Å². The summed E-state index contributed by atoms with van der Waals surface area (Å²) in [5.74, 6) is 1.18. The van der Waals surface area contributed by atoms with Gasteiger partial charge in [-0.15, -0.1) is 0 Å². The molecule has 1 aliphatic rings. The van der Waals surface area contributed by atoms with Gasteiger partial charge < -0.3 is 19.2 Å². The van der Waals surface area contributed by atoms with E-state index in [0.29, 0.717) is 12.0 Å². The Morgan fingerprint density at radius 3 is 2.70 bits per heavy atom. The van der Waals surface area contributed by atoms with Crippen LogP contribution in [0.1, 0.15) is 49.0 Å². The van der Waals surface area contributed by atoms with E-state index in [1.807, 2.05) is 13.0 Å². The van der Waals surface area contributed by atoms with Gasteiger partial charge in [-0.3, -0.25) is 0 Å². The molecule has 2 rings (SSSR count). The number of carbonyl (C=O) groups is 1. The lowest BCUT2D eigenvalue weighted by atomic mass is 9.92. The molecule has 1 aromatic rings. The van der Waals surface area contributed by atoms with E-state index in [0.717, 1.165) is 31.8 Å². The monoisotopic (exact) mass is 281 g/mol. The average molecular weight is 281 g/mol. The summed E-state index contributed by atoms with van der Waals surface area (Å²) in [6.07, 6.45) is 2.18. The van der Waals surface area contributed by atoms with E-state index < -0.39 is 5.97 Å². The van der Waals surface area contributed by atoms with Crippen LogP contribution in [0.15, 0.2) is 16.5 Å². The van der Waals surface area contributed by atoms with Gasteiger partial charge in [-0.05, 0) is 44.7 Å². The van der Waals surface area contributed by atoms with Crippen LogP contribution in [0.3, 0.4) is 0 Å². The summed E-state index contributed by atoms with van der Waals surface area (Å²) in [6.45, 7) is 5.92. The normalized spacial score (nSPS) is 19.6. The first kappa shape index (κ1) is 15.1. The minimum absolute atomic E-state index is 0.0613. The number of rotatable bonds is 5. The van der Waals surface area contributed by atoms with Crippen molar-refractivity contribution in [3.8, 4) is 0 Å². The number of furan rings is 1. The number of carbonyl (C=O) groups excluding carboxylic acids is 1. The van der Waals surface area contributed by atoms with Crippen molar-refractivity contribution in [1.82, 2.24) is 5.32 Å². The molecule has 1 aliphatic heterocycles. The molecule has 0 spiro atoms. The Bertz CT molecular complexity index is 437. The summed E-state index contributed by atoms with van der Waals surface area (Å²) in [5, 5.41) is 3.53. The lowest BCUT2D eigenvalue weighted by Gasteiger charge is -2.30. The number of methoxy groups -OCH3 is 1. The summed E-state index contributed by atoms with van der Waals surface area (Å²) >= 11 is 0. The van der Waals surface area contributed by atoms with Crippen LogP contribution < -0.4 is 5.32 Å². The smallest absolute Gasteiger partial charge is 0.373 e. The molecule has 20 heavy (non-hydrogen) atoms. The van der Waals surface area contributed by atoms with Gasteiger partial charge >= 0.3 is 5.97 Å². The number of esters is 1. The summed E-state index contributed by atoms with van der Waals surface area (Å²) in [4.78, 5) is 11.4. The van der Waals surface area contributed by atoms with Gasteiger partial charge in [0.2, 0.25) is 5.76 Å². The SMILES string of the molecule is COC(=O)c1ccc([C@H](C)N[C@@H](C)C2CCOCC2)o1. The molecule has 0 bridgehead atoms. The van der Waals surface area contributed by atoms with Gasteiger partial charge in [-0.25, -0.2) is 4.79 Å². The van der Waals surface area contributed by atoms with Crippen LogP contribution in [0.25, 0.3) is 0 Å². The number of nitrogens with one attached hydrogen (secondary N) is 1. The highest BCUT2D eigenvalue weighted by atomic mass is 16.5. The van der Waals surface area contributed by atoms with E-state index in [4.69, 9.17) is 9.15 Å². The molecule has 2 atom stereocenters. The fraction of sp³-hybridized carbons (Fsp3) is 0.667. The summed E-state index contributed by atoms with van der Waals surface area (Å²) in [6, 6.07) is 3.92. The van der Waals surface area contributed by atoms with Crippen molar-refractivity contribution < 1.29 is 18.7 Å². The molecule has 1 saturated heterocycles. The van der Waals surface area contributed by atoms with Crippen molar-refractivity contribution in [3.05, 3.63) is 23.7 Å². The van der Waals surface area contributed by atoms with Gasteiger partial charge in [-0.2, -0.15) is 0 Å². The maximum absolute atomic E-state index is 11.4. The Hall–Kier alpha value is -1.33. The van der Waals surface area contributed by atoms with E-state index in [-0.39, 0.29) is 11.8 Å². The largest absolute Gasteiger partial charge is 0.463 e. The molecule has 5 nitrogen and oxygen atoms in total. The Balaban J connectivity index is 1.91. The Morgan fingerprint density at radius 2 is 2.05 bits per heavy atom. The predicted octanol–water partition coefficient (Wildman–Crippen LogP) is 2.53. The van der Waals surface area contributed by atoms with Crippen molar-refractivity contribution >= 4 is 5.97 Å². The molecule has 0 aliphatic carbocycles. The molecule has 5 heteroatoms. The quantitative estimate of drug-likeness (QED) is 0.840. The van der Waals surface area contributed by atoms with Gasteiger partial charge in [0.05, 0.1) is 13.2 Å². The number of hydrogen-bond donors (Lipinski definition) is 1. The molecule has 0 radical (unpaired) electrons. The highest BCUT2D eigenvalue weighted by molar-refractivity contribution is 5.86. The second-order valence-electron chi connectivity index (χ2n) is 5.32. The Kier molecular flexibility index (Phi) is 5.20. The van der Waals surface area contributed by atoms with Gasteiger partial charge in [-0.1, -0.05) is 0 Å². The maximum Gasteiger partial charge on any atom is 0.373 e. The second kappa shape index (κ2) is 6.90. The molecular formula is C15H23NO4. The first-order valence-corrected chi connectivity index (χ1v) is 7.13. The van der Waals surface area contributed by atoms with Gasteiger partial charge in [0.1, 0.15) is 5.76 Å². The van der Waals surface area contributed by atoms with Crippen molar-refractivity contribution in [2.24, 2.45) is 5.92 Å². The topological polar surface area (TPSA) is 60.7 Å². The fourth-order valence-electron chi connectivity index (χ4n) is 2.62. The van der Waals surface area contributed by atoms with E-state index in [1.54, 1.807) is 6.07 Å². The maximum atomic E-state index is 11.4. The van der Waals surface area contributed by atoms with Crippen molar-refractivity contribution in [2.45, 2.75) is 38.8 Å². The summed E-state index contributed by atoms with van der Waals surface area (Å²) in [5.41, 5.74) is 0. The molecule has 0 amide bonds. The third kappa shape index (κ3) is 3.61. The zero-order valence-electron chi connectivity index (χ0n) is 12.3. The van der Waals surface area contributed by atoms with Crippen LogP contribution >= 0.6 is 0 Å². The van der Waals surface area contributed by atoms with Gasteiger partial charge in [0.15, 0.2) is 0 Å². The third-order valence-corrected chi connectivity index (χ3v) is 3.93. The van der Waals surface area contributed by atoms with Crippen molar-refractivity contribution in [2.75, 3.05) is 20.3 Å². The molecule has 0 aromatic carbocycles. The highest BCUT2D eigenvalue weighted by Gasteiger charge is 2.23. The minimum atomic E-state index is -0.444. The van der Waals surface area contributed by atoms with E-state index >= 15 is 0 Å². The van der Waals surface area contributed by atoms with Crippen LogP contribution in [0.5, 0.6) is 0 Å². The lowest BCUT2D eigenvalue weighted by molar-refractivity contribution is 0.0534. The molecule has 0 saturated carbocycles. The van der Waals surface area contributed by atoms with Crippen molar-refractivity contribution in [1.29, 1.82) is 0 Å². The highest BCUT2D eigenvalue weighted by Crippen LogP contribution is 2.23. The molecule has 1 fully saturated rings. The molecule has 0 unspecified atom stereocenters. The lowest BCUT2D eigenvalue weighted by Crippen LogP contribution is -2.38. The van der Waals surface area contributed by atoms with E-state index in [1.165, 1.54) is 7.11 Å².